The second kappa shape index (κ2) is 5.44. The second-order valence-corrected chi connectivity index (χ2v) is 6.66. The van der Waals surface area contributed by atoms with Crippen LogP contribution in [-0.2, 0) is 10.0 Å². The third-order valence-electron chi connectivity index (χ3n) is 2.21. The second-order valence-electron chi connectivity index (χ2n) is 3.73. The lowest BCUT2D eigenvalue weighted by molar-refractivity contribution is 0.601. The molecule has 0 aliphatic heterocycles. The quantitative estimate of drug-likeness (QED) is 0.852. The van der Waals surface area contributed by atoms with Crippen LogP contribution < -0.4 is 4.72 Å². The summed E-state index contributed by atoms with van der Waals surface area (Å²) in [6.07, 6.45) is 2.95. The van der Waals surface area contributed by atoms with Gasteiger partial charge in [0.25, 0.3) is 10.0 Å². The van der Waals surface area contributed by atoms with Crippen LogP contribution in [0.1, 0.15) is 5.69 Å². The van der Waals surface area contributed by atoms with Crippen LogP contribution in [0.3, 0.4) is 0 Å². The van der Waals surface area contributed by atoms with Gasteiger partial charge < -0.3 is 0 Å². The summed E-state index contributed by atoms with van der Waals surface area (Å²) in [4.78, 5) is 7.70. The van der Waals surface area contributed by atoms with Crippen molar-refractivity contribution in [2.75, 3.05) is 4.72 Å². The molecule has 0 amide bonds. The van der Waals surface area contributed by atoms with E-state index in [1.54, 1.807) is 19.1 Å². The van der Waals surface area contributed by atoms with E-state index in [4.69, 9.17) is 11.6 Å². The molecule has 2 aromatic heterocycles. The number of nitrogens with zero attached hydrogens (tertiary/aromatic N) is 2. The van der Waals surface area contributed by atoms with Crippen molar-refractivity contribution in [3.63, 3.8) is 0 Å². The van der Waals surface area contributed by atoms with E-state index >= 15 is 0 Å². The molecule has 0 aliphatic rings. The van der Waals surface area contributed by atoms with Crippen LogP contribution >= 0.6 is 27.5 Å². The number of rotatable bonds is 3. The molecule has 0 bridgehead atoms. The van der Waals surface area contributed by atoms with Gasteiger partial charge in [0.15, 0.2) is 0 Å². The minimum Gasteiger partial charge on any atom is -0.279 e. The maximum atomic E-state index is 12.2. The van der Waals surface area contributed by atoms with E-state index < -0.39 is 10.0 Å². The van der Waals surface area contributed by atoms with Crippen LogP contribution in [0.4, 0.5) is 5.69 Å². The zero-order chi connectivity index (χ0) is 14.0. The van der Waals surface area contributed by atoms with E-state index in [9.17, 15) is 8.42 Å². The highest BCUT2D eigenvalue weighted by Gasteiger charge is 2.19. The van der Waals surface area contributed by atoms with Crippen molar-refractivity contribution in [1.82, 2.24) is 9.97 Å². The van der Waals surface area contributed by atoms with Gasteiger partial charge in [-0.1, -0.05) is 11.6 Å². The molecule has 0 atom stereocenters. The van der Waals surface area contributed by atoms with Crippen molar-refractivity contribution in [3.8, 4) is 0 Å². The summed E-state index contributed by atoms with van der Waals surface area (Å²) in [7, 11) is -3.79. The van der Waals surface area contributed by atoms with Crippen LogP contribution in [0.5, 0.6) is 0 Å². The molecule has 0 fully saturated rings. The molecule has 0 aromatic carbocycles. The van der Waals surface area contributed by atoms with Crippen LogP contribution in [0.2, 0.25) is 5.15 Å². The molecule has 0 radical (unpaired) electrons. The Morgan fingerprint density at radius 3 is 2.74 bits per heavy atom. The number of pyridine rings is 2. The number of halogens is 2. The Morgan fingerprint density at radius 1 is 1.32 bits per heavy atom. The highest BCUT2D eigenvalue weighted by Crippen LogP contribution is 2.24. The van der Waals surface area contributed by atoms with Gasteiger partial charge in [0.1, 0.15) is 10.0 Å². The molecular weight excluding hydrogens is 354 g/mol. The molecule has 19 heavy (non-hydrogen) atoms. The fraction of sp³-hybridized carbons (Fsp3) is 0.0909. The van der Waals surface area contributed by atoms with Gasteiger partial charge in [0.2, 0.25) is 0 Å². The summed E-state index contributed by atoms with van der Waals surface area (Å²) in [5.41, 5.74) is 1.13. The molecule has 0 unspecified atom stereocenters. The summed E-state index contributed by atoms with van der Waals surface area (Å²) in [5.74, 6) is 0. The van der Waals surface area contributed by atoms with E-state index in [0.717, 1.165) is 0 Å². The van der Waals surface area contributed by atoms with E-state index in [1.165, 1.54) is 18.5 Å². The molecule has 2 heterocycles. The van der Waals surface area contributed by atoms with Gasteiger partial charge in [0.05, 0.1) is 5.69 Å². The van der Waals surface area contributed by atoms with E-state index in [-0.39, 0.29) is 10.0 Å². The smallest absolute Gasteiger partial charge is 0.265 e. The maximum Gasteiger partial charge on any atom is 0.265 e. The Balaban J connectivity index is 2.40. The van der Waals surface area contributed by atoms with Crippen LogP contribution in [0, 0.1) is 6.92 Å². The molecule has 0 spiro atoms. The van der Waals surface area contributed by atoms with Gasteiger partial charge in [-0.2, -0.15) is 0 Å². The number of hydrogen-bond acceptors (Lipinski definition) is 4. The zero-order valence-electron chi connectivity index (χ0n) is 9.76. The highest BCUT2D eigenvalue weighted by molar-refractivity contribution is 9.10. The number of aryl methyl sites for hydroxylation is 1. The van der Waals surface area contributed by atoms with Crippen LogP contribution in [0.15, 0.2) is 40.0 Å². The van der Waals surface area contributed by atoms with Crippen molar-refractivity contribution in [1.29, 1.82) is 0 Å². The van der Waals surface area contributed by atoms with Crippen molar-refractivity contribution < 1.29 is 8.42 Å². The molecule has 5 nitrogen and oxygen atoms in total. The summed E-state index contributed by atoms with van der Waals surface area (Å²) in [6, 6.07) is 4.58. The Kier molecular flexibility index (Phi) is 4.07. The van der Waals surface area contributed by atoms with Gasteiger partial charge in [-0.25, -0.2) is 13.4 Å². The van der Waals surface area contributed by atoms with E-state index in [2.05, 4.69) is 30.6 Å². The van der Waals surface area contributed by atoms with Gasteiger partial charge >= 0.3 is 0 Å². The Bertz CT molecular complexity index is 722. The Morgan fingerprint density at radius 2 is 2.05 bits per heavy atom. The van der Waals surface area contributed by atoms with E-state index in [0.29, 0.717) is 15.9 Å². The molecule has 2 rings (SSSR count). The number of hydrogen-bond donors (Lipinski definition) is 1. The van der Waals surface area contributed by atoms with Crippen molar-refractivity contribution in [2.45, 2.75) is 11.8 Å². The molecule has 2 aromatic rings. The lowest BCUT2D eigenvalue weighted by Gasteiger charge is -2.09. The fourth-order valence-corrected chi connectivity index (χ4v) is 3.41. The summed E-state index contributed by atoms with van der Waals surface area (Å²) >= 11 is 8.98. The summed E-state index contributed by atoms with van der Waals surface area (Å²) < 4.78 is 27.4. The normalized spacial score (nSPS) is 11.3. The molecule has 1 N–H and O–H groups in total. The monoisotopic (exact) mass is 361 g/mol. The topological polar surface area (TPSA) is 72.0 Å². The lowest BCUT2D eigenvalue weighted by Crippen LogP contribution is -2.14. The molecule has 0 saturated carbocycles. The van der Waals surface area contributed by atoms with Crippen LogP contribution in [-0.4, -0.2) is 18.4 Å². The Hall–Kier alpha value is -1.18. The highest BCUT2D eigenvalue weighted by atomic mass is 79.9. The number of aromatic nitrogens is 2. The predicted octanol–water partition coefficient (Wildman–Crippen LogP) is 3.00. The average molecular weight is 363 g/mol. The largest absolute Gasteiger partial charge is 0.279 e. The van der Waals surface area contributed by atoms with Crippen molar-refractivity contribution >= 4 is 43.2 Å². The summed E-state index contributed by atoms with van der Waals surface area (Å²) in [5, 5.41) is -0.0820. The van der Waals surface area contributed by atoms with Gasteiger partial charge in [-0.05, 0) is 41.1 Å². The fourth-order valence-electron chi connectivity index (χ4n) is 1.41. The van der Waals surface area contributed by atoms with Crippen molar-refractivity contribution in [3.05, 3.63) is 45.9 Å². The molecule has 0 saturated heterocycles. The Labute approximate surface area is 124 Å². The minimum absolute atomic E-state index is 0.0820. The predicted molar refractivity (Wildman–Crippen MR) is 76.7 cm³/mol. The number of sulfonamides is 1. The van der Waals surface area contributed by atoms with Crippen LogP contribution in [0.25, 0.3) is 0 Å². The number of nitrogens with one attached hydrogen (secondary N) is 1. The van der Waals surface area contributed by atoms with Crippen molar-refractivity contribution in [2.24, 2.45) is 0 Å². The maximum absolute atomic E-state index is 12.2. The third kappa shape index (κ3) is 3.43. The molecule has 8 heteroatoms. The summed E-state index contributed by atoms with van der Waals surface area (Å²) in [6.45, 7) is 1.77. The number of anilines is 1. The first-order chi connectivity index (χ1) is 8.88. The van der Waals surface area contributed by atoms with Gasteiger partial charge in [-0.3, -0.25) is 9.71 Å². The zero-order valence-corrected chi connectivity index (χ0v) is 12.9. The first-order valence-corrected chi connectivity index (χ1v) is 7.80. The molecule has 100 valence electrons. The first-order valence-electron chi connectivity index (χ1n) is 5.15. The molecular formula is C11H9BrClN3O2S. The van der Waals surface area contributed by atoms with E-state index in [1.807, 2.05) is 0 Å². The first kappa shape index (κ1) is 14.2. The average Bonchev–Trinajstić information content (AvgIpc) is 2.31. The molecule has 0 aliphatic carbocycles. The van der Waals surface area contributed by atoms with Gasteiger partial charge in [-0.15, -0.1) is 0 Å². The van der Waals surface area contributed by atoms with Gasteiger partial charge in [0, 0.05) is 22.6 Å². The minimum atomic E-state index is -3.79. The SMILES string of the molecule is Cc1cc(NS(=O)(=O)c2cc(Br)cnc2Cl)ccn1. The standard InChI is InChI=1S/C11H9BrClN3O2S/c1-7-4-9(2-3-14-7)16-19(17,18)10-5-8(12)6-15-11(10)13/h2-6H,1H3,(H,14,16). The third-order valence-corrected chi connectivity index (χ3v) is 4.45. The lowest BCUT2D eigenvalue weighted by atomic mass is 10.3.